The van der Waals surface area contributed by atoms with Gasteiger partial charge in [-0.25, -0.2) is 4.98 Å². The molecule has 0 aliphatic carbocycles. The van der Waals surface area contributed by atoms with Crippen LogP contribution in [0.1, 0.15) is 17.4 Å². The molecule has 0 saturated carbocycles. The van der Waals surface area contributed by atoms with Gasteiger partial charge in [-0.05, 0) is 18.6 Å². The van der Waals surface area contributed by atoms with E-state index < -0.39 is 16.4 Å². The van der Waals surface area contributed by atoms with Crippen LogP contribution < -0.4 is 10.3 Å². The Morgan fingerprint density at radius 2 is 2.23 bits per heavy atom. The van der Waals surface area contributed by atoms with Gasteiger partial charge in [0.15, 0.2) is 5.75 Å². The molecule has 10 heteroatoms. The number of aromatic hydroxyl groups is 1. The number of nitro groups is 1. The molecule has 0 fully saturated rings. The Kier molecular flexibility index (Phi) is 4.67. The van der Waals surface area contributed by atoms with E-state index in [-0.39, 0.29) is 16.9 Å². The SMILES string of the molecule is CCc1cc2c(=O)n(/N=C/c3cc(OC)c(O)c([N+](=O)[O-])c3)cnc2s1. The van der Waals surface area contributed by atoms with Crippen LogP contribution in [0.3, 0.4) is 0 Å². The number of aromatic nitrogens is 2. The number of phenols is 1. The normalized spacial score (nSPS) is 11.3. The van der Waals surface area contributed by atoms with Crippen molar-refractivity contribution in [1.82, 2.24) is 9.66 Å². The predicted octanol–water partition coefficient (Wildman–Crippen LogP) is 2.53. The van der Waals surface area contributed by atoms with Gasteiger partial charge in [0.05, 0.1) is 23.6 Å². The van der Waals surface area contributed by atoms with Crippen LogP contribution in [0.2, 0.25) is 0 Å². The van der Waals surface area contributed by atoms with Crippen LogP contribution in [0.4, 0.5) is 5.69 Å². The first-order chi connectivity index (χ1) is 12.4. The summed E-state index contributed by atoms with van der Waals surface area (Å²) in [7, 11) is 1.28. The van der Waals surface area contributed by atoms with Gasteiger partial charge < -0.3 is 9.84 Å². The monoisotopic (exact) mass is 374 g/mol. The summed E-state index contributed by atoms with van der Waals surface area (Å²) < 4.78 is 5.98. The molecule has 0 aliphatic heterocycles. The summed E-state index contributed by atoms with van der Waals surface area (Å²) in [5.41, 5.74) is -0.558. The maximum atomic E-state index is 12.5. The summed E-state index contributed by atoms with van der Waals surface area (Å²) in [6.07, 6.45) is 3.36. The van der Waals surface area contributed by atoms with E-state index >= 15 is 0 Å². The molecule has 2 aromatic heterocycles. The molecular weight excluding hydrogens is 360 g/mol. The molecule has 1 N–H and O–H groups in total. The summed E-state index contributed by atoms with van der Waals surface area (Å²) in [6.45, 7) is 1.99. The number of nitrogens with zero attached hydrogens (tertiary/aromatic N) is 4. The molecule has 2 heterocycles. The maximum Gasteiger partial charge on any atom is 0.315 e. The summed E-state index contributed by atoms with van der Waals surface area (Å²) in [5.74, 6) is -0.632. The molecule has 3 rings (SSSR count). The Morgan fingerprint density at radius 3 is 2.88 bits per heavy atom. The third kappa shape index (κ3) is 3.14. The van der Waals surface area contributed by atoms with Crippen molar-refractivity contribution in [3.63, 3.8) is 0 Å². The molecule has 0 atom stereocenters. The Labute approximate surface area is 151 Å². The molecule has 0 unspecified atom stereocenters. The second kappa shape index (κ2) is 6.92. The first kappa shape index (κ1) is 17.5. The molecule has 3 aromatic rings. The number of hydrogen-bond acceptors (Lipinski definition) is 8. The number of phenolic OH excluding ortho intramolecular Hbond substituents is 1. The van der Waals surface area contributed by atoms with Crippen LogP contribution >= 0.6 is 11.3 Å². The van der Waals surface area contributed by atoms with Gasteiger partial charge in [-0.1, -0.05) is 6.92 Å². The number of hydrogen-bond donors (Lipinski definition) is 1. The highest BCUT2D eigenvalue weighted by molar-refractivity contribution is 7.18. The molecule has 0 saturated heterocycles. The first-order valence-electron chi connectivity index (χ1n) is 7.54. The van der Waals surface area contributed by atoms with Crippen LogP contribution in [0.15, 0.2) is 34.4 Å². The maximum absolute atomic E-state index is 12.5. The average molecular weight is 374 g/mol. The molecule has 134 valence electrons. The lowest BCUT2D eigenvalue weighted by Gasteiger charge is -2.05. The van der Waals surface area contributed by atoms with E-state index in [1.165, 1.54) is 37.1 Å². The van der Waals surface area contributed by atoms with Crippen molar-refractivity contribution in [2.24, 2.45) is 5.10 Å². The van der Waals surface area contributed by atoms with Crippen LogP contribution in [-0.2, 0) is 6.42 Å². The van der Waals surface area contributed by atoms with Crippen molar-refractivity contribution in [3.05, 3.63) is 55.4 Å². The van der Waals surface area contributed by atoms with Crippen molar-refractivity contribution in [3.8, 4) is 11.5 Å². The fourth-order valence-electron chi connectivity index (χ4n) is 2.33. The number of rotatable bonds is 5. The van der Waals surface area contributed by atoms with E-state index in [0.717, 1.165) is 22.0 Å². The number of fused-ring (bicyclic) bond motifs is 1. The Hall–Kier alpha value is -3.27. The number of aryl methyl sites for hydroxylation is 1. The number of thiophene rings is 1. The molecule has 9 nitrogen and oxygen atoms in total. The zero-order valence-corrected chi connectivity index (χ0v) is 14.7. The van der Waals surface area contributed by atoms with Crippen LogP contribution in [0.5, 0.6) is 11.5 Å². The smallest absolute Gasteiger partial charge is 0.315 e. The zero-order valence-electron chi connectivity index (χ0n) is 13.9. The molecule has 0 bridgehead atoms. The number of benzene rings is 1. The van der Waals surface area contributed by atoms with Gasteiger partial charge in [-0.3, -0.25) is 14.9 Å². The topological polar surface area (TPSA) is 120 Å². The molecule has 26 heavy (non-hydrogen) atoms. The minimum absolute atomic E-state index is 0.0630. The van der Waals surface area contributed by atoms with E-state index in [0.29, 0.717) is 10.2 Å². The van der Waals surface area contributed by atoms with Gasteiger partial charge in [0, 0.05) is 16.5 Å². The Balaban J connectivity index is 2.03. The zero-order chi connectivity index (χ0) is 18.8. The summed E-state index contributed by atoms with van der Waals surface area (Å²) in [6, 6.07) is 4.30. The first-order valence-corrected chi connectivity index (χ1v) is 8.36. The van der Waals surface area contributed by atoms with Crippen LogP contribution in [0.25, 0.3) is 10.2 Å². The van der Waals surface area contributed by atoms with Crippen molar-refractivity contribution in [2.45, 2.75) is 13.3 Å². The van der Waals surface area contributed by atoms with Gasteiger partial charge >= 0.3 is 5.69 Å². The second-order valence-corrected chi connectivity index (χ2v) is 6.39. The highest BCUT2D eigenvalue weighted by Crippen LogP contribution is 2.36. The molecule has 0 amide bonds. The summed E-state index contributed by atoms with van der Waals surface area (Å²) in [4.78, 5) is 28.7. The van der Waals surface area contributed by atoms with Gasteiger partial charge in [-0.2, -0.15) is 9.78 Å². The fraction of sp³-hybridized carbons (Fsp3) is 0.188. The Bertz CT molecular complexity index is 1090. The summed E-state index contributed by atoms with van der Waals surface area (Å²) >= 11 is 1.45. The minimum Gasteiger partial charge on any atom is -0.500 e. The third-order valence-corrected chi connectivity index (χ3v) is 4.85. The lowest BCUT2D eigenvalue weighted by Crippen LogP contribution is -2.16. The minimum atomic E-state index is -0.730. The lowest BCUT2D eigenvalue weighted by atomic mass is 10.2. The molecular formula is C16H14N4O5S. The third-order valence-electron chi connectivity index (χ3n) is 3.66. The quantitative estimate of drug-likeness (QED) is 0.416. The van der Waals surface area contributed by atoms with Gasteiger partial charge in [0.2, 0.25) is 5.75 Å². The van der Waals surface area contributed by atoms with E-state index in [1.54, 1.807) is 6.07 Å². The number of nitro benzene ring substituents is 1. The van der Waals surface area contributed by atoms with E-state index in [9.17, 15) is 20.0 Å². The number of ether oxygens (including phenoxy) is 1. The van der Waals surface area contributed by atoms with Gasteiger partial charge in [-0.15, -0.1) is 11.3 Å². The van der Waals surface area contributed by atoms with E-state index in [1.807, 2.05) is 6.92 Å². The highest BCUT2D eigenvalue weighted by Gasteiger charge is 2.19. The molecule has 1 aromatic carbocycles. The average Bonchev–Trinajstić information content (AvgIpc) is 3.06. The van der Waals surface area contributed by atoms with Crippen molar-refractivity contribution in [1.29, 1.82) is 0 Å². The van der Waals surface area contributed by atoms with E-state index in [4.69, 9.17) is 4.74 Å². The molecule has 0 radical (unpaired) electrons. The van der Waals surface area contributed by atoms with Crippen molar-refractivity contribution < 1.29 is 14.8 Å². The predicted molar refractivity (Wildman–Crippen MR) is 97.6 cm³/mol. The standard InChI is InChI=1S/C16H14N4O5S/c1-3-10-6-11-15(26-10)17-8-19(16(11)22)18-7-9-4-12(20(23)24)14(21)13(5-9)25-2/h4-8,21H,3H2,1-2H3/b18-7+. The van der Waals surface area contributed by atoms with Crippen LogP contribution in [-0.4, -0.2) is 33.0 Å². The second-order valence-electron chi connectivity index (χ2n) is 5.27. The number of methoxy groups -OCH3 is 1. The lowest BCUT2D eigenvalue weighted by molar-refractivity contribution is -0.386. The molecule has 0 aliphatic rings. The fourth-order valence-corrected chi connectivity index (χ4v) is 3.26. The Morgan fingerprint density at radius 1 is 1.46 bits per heavy atom. The van der Waals surface area contributed by atoms with Crippen molar-refractivity contribution >= 4 is 33.5 Å². The summed E-state index contributed by atoms with van der Waals surface area (Å²) in [5, 5.41) is 25.3. The largest absolute Gasteiger partial charge is 0.500 e. The van der Waals surface area contributed by atoms with Crippen molar-refractivity contribution in [2.75, 3.05) is 7.11 Å². The highest BCUT2D eigenvalue weighted by atomic mass is 32.1. The van der Waals surface area contributed by atoms with Crippen LogP contribution in [0, 0.1) is 10.1 Å². The van der Waals surface area contributed by atoms with Gasteiger partial charge in [0.25, 0.3) is 5.56 Å². The molecule has 0 spiro atoms. The van der Waals surface area contributed by atoms with E-state index in [2.05, 4.69) is 10.1 Å². The van der Waals surface area contributed by atoms with Gasteiger partial charge in [0.1, 0.15) is 11.2 Å².